The molecule has 0 fully saturated rings. The Morgan fingerprint density at radius 1 is 1.17 bits per heavy atom. The zero-order valence-electron chi connectivity index (χ0n) is 9.57. The van der Waals surface area contributed by atoms with Crippen LogP contribution in [0.15, 0.2) is 12.1 Å². The smallest absolute Gasteiger partial charge is 0.380 e. The number of hydrogen-bond donors (Lipinski definition) is 1. The van der Waals surface area contributed by atoms with E-state index >= 15 is 0 Å². The summed E-state index contributed by atoms with van der Waals surface area (Å²) in [5, 5.41) is 2.46. The third kappa shape index (κ3) is 4.87. The average Bonchev–Trinajstić information content (AvgIpc) is 2.23. The lowest BCUT2D eigenvalue weighted by Crippen LogP contribution is -2.20. The van der Waals surface area contributed by atoms with Crippen molar-refractivity contribution < 1.29 is 26.7 Å². The monoisotopic (exact) mass is 269 g/mol. The van der Waals surface area contributed by atoms with Gasteiger partial charge in [-0.1, -0.05) is 0 Å². The van der Waals surface area contributed by atoms with Crippen molar-refractivity contribution in [1.29, 1.82) is 0 Å². The summed E-state index contributed by atoms with van der Waals surface area (Å²) in [7, 11) is 0. The van der Waals surface area contributed by atoms with Crippen LogP contribution in [0.3, 0.4) is 0 Å². The molecule has 0 aliphatic carbocycles. The van der Waals surface area contributed by atoms with Crippen molar-refractivity contribution in [3.63, 3.8) is 0 Å². The lowest BCUT2D eigenvalue weighted by molar-refractivity contribution is -0.172. The Balaban J connectivity index is 2.38. The molecular formula is C11H12F5NO. The number of alkyl halides is 3. The molecule has 0 saturated carbocycles. The van der Waals surface area contributed by atoms with E-state index in [1.54, 1.807) is 0 Å². The molecule has 0 aliphatic rings. The molecular weight excluding hydrogens is 257 g/mol. The summed E-state index contributed by atoms with van der Waals surface area (Å²) in [6.07, 6.45) is -4.39. The molecule has 0 bridgehead atoms. The number of rotatable bonds is 5. The molecule has 0 aromatic heterocycles. The van der Waals surface area contributed by atoms with E-state index in [2.05, 4.69) is 10.1 Å². The van der Waals surface area contributed by atoms with Crippen LogP contribution in [0.5, 0.6) is 0 Å². The molecule has 0 heterocycles. The second-order valence-electron chi connectivity index (χ2n) is 3.68. The maximum Gasteiger partial charge on any atom is 0.411 e. The minimum Gasteiger partial charge on any atom is -0.380 e. The topological polar surface area (TPSA) is 21.3 Å². The van der Waals surface area contributed by atoms with Crippen LogP contribution in [-0.4, -0.2) is 25.9 Å². The average molecular weight is 269 g/mol. The van der Waals surface area contributed by atoms with E-state index in [4.69, 9.17) is 0 Å². The highest BCUT2D eigenvalue weighted by Gasteiger charge is 2.27. The molecule has 102 valence electrons. The van der Waals surface area contributed by atoms with Crippen molar-refractivity contribution in [2.45, 2.75) is 13.1 Å². The van der Waals surface area contributed by atoms with Crippen molar-refractivity contribution in [2.75, 3.05) is 25.1 Å². The molecule has 18 heavy (non-hydrogen) atoms. The maximum atomic E-state index is 13.3. The van der Waals surface area contributed by atoms with Gasteiger partial charge >= 0.3 is 6.18 Å². The van der Waals surface area contributed by atoms with Gasteiger partial charge < -0.3 is 10.1 Å². The fraction of sp³-hybridized carbons (Fsp3) is 0.455. The Hall–Kier alpha value is -1.37. The summed E-state index contributed by atoms with van der Waals surface area (Å²) in [6, 6.07) is 1.96. The molecule has 1 aromatic rings. The highest BCUT2D eigenvalue weighted by atomic mass is 19.4. The molecule has 1 aromatic carbocycles. The van der Waals surface area contributed by atoms with Gasteiger partial charge in [-0.3, -0.25) is 0 Å². The quantitative estimate of drug-likeness (QED) is 0.654. The van der Waals surface area contributed by atoms with Crippen molar-refractivity contribution in [2.24, 2.45) is 0 Å². The molecule has 0 unspecified atom stereocenters. The van der Waals surface area contributed by atoms with Gasteiger partial charge in [-0.2, -0.15) is 13.2 Å². The second-order valence-corrected chi connectivity index (χ2v) is 3.68. The van der Waals surface area contributed by atoms with Gasteiger partial charge in [-0.15, -0.1) is 0 Å². The van der Waals surface area contributed by atoms with Gasteiger partial charge in [0.05, 0.1) is 12.3 Å². The largest absolute Gasteiger partial charge is 0.411 e. The molecule has 2 nitrogen and oxygen atoms in total. The first-order valence-corrected chi connectivity index (χ1v) is 5.13. The number of benzene rings is 1. The summed E-state index contributed by atoms with van der Waals surface area (Å²) >= 11 is 0. The van der Waals surface area contributed by atoms with Crippen LogP contribution < -0.4 is 5.32 Å². The predicted octanol–water partition coefficient (Wildman–Crippen LogP) is 3.26. The van der Waals surface area contributed by atoms with Crippen molar-refractivity contribution in [3.8, 4) is 0 Å². The van der Waals surface area contributed by atoms with Crippen LogP contribution in [0.2, 0.25) is 0 Å². The first-order chi connectivity index (χ1) is 8.29. The first-order valence-electron chi connectivity index (χ1n) is 5.13. The highest BCUT2D eigenvalue weighted by molar-refractivity contribution is 5.46. The third-order valence-electron chi connectivity index (χ3n) is 2.08. The van der Waals surface area contributed by atoms with E-state index < -0.39 is 24.4 Å². The van der Waals surface area contributed by atoms with Crippen LogP contribution >= 0.6 is 0 Å². The SMILES string of the molecule is Cc1cc(F)c(NCCOCC(F)(F)F)cc1F. The predicted molar refractivity (Wildman–Crippen MR) is 56.5 cm³/mol. The molecule has 0 atom stereocenters. The summed E-state index contributed by atoms with van der Waals surface area (Å²) < 4.78 is 65.8. The molecule has 0 radical (unpaired) electrons. The summed E-state index contributed by atoms with van der Waals surface area (Å²) in [4.78, 5) is 0. The van der Waals surface area contributed by atoms with Crippen molar-refractivity contribution in [3.05, 3.63) is 29.3 Å². The lowest BCUT2D eigenvalue weighted by Gasteiger charge is -2.10. The van der Waals surface area contributed by atoms with Crippen LogP contribution in [0.1, 0.15) is 5.56 Å². The van der Waals surface area contributed by atoms with E-state index in [9.17, 15) is 22.0 Å². The molecule has 0 amide bonds. The number of aryl methyl sites for hydroxylation is 1. The summed E-state index contributed by atoms with van der Waals surface area (Å²) in [6.45, 7) is -0.252. The zero-order chi connectivity index (χ0) is 13.8. The number of nitrogens with one attached hydrogen (secondary N) is 1. The lowest BCUT2D eigenvalue weighted by atomic mass is 10.2. The van der Waals surface area contributed by atoms with Gasteiger partial charge in [0, 0.05) is 12.6 Å². The Morgan fingerprint density at radius 3 is 2.44 bits per heavy atom. The van der Waals surface area contributed by atoms with E-state index in [0.717, 1.165) is 12.1 Å². The van der Waals surface area contributed by atoms with E-state index in [1.165, 1.54) is 6.92 Å². The zero-order valence-corrected chi connectivity index (χ0v) is 9.57. The Labute approximate surface area is 101 Å². The molecule has 0 saturated heterocycles. The number of halogens is 5. The van der Waals surface area contributed by atoms with Crippen LogP contribution in [0.4, 0.5) is 27.6 Å². The summed E-state index contributed by atoms with van der Waals surface area (Å²) in [5.74, 6) is -1.25. The highest BCUT2D eigenvalue weighted by Crippen LogP contribution is 2.18. The molecule has 1 rings (SSSR count). The Bertz CT molecular complexity index is 405. The van der Waals surface area contributed by atoms with Crippen LogP contribution in [0, 0.1) is 18.6 Å². The van der Waals surface area contributed by atoms with Gasteiger partial charge in [-0.25, -0.2) is 8.78 Å². The third-order valence-corrected chi connectivity index (χ3v) is 2.08. The van der Waals surface area contributed by atoms with E-state index in [1.807, 2.05) is 0 Å². The fourth-order valence-corrected chi connectivity index (χ4v) is 1.23. The minimum absolute atomic E-state index is 0.0461. The fourth-order valence-electron chi connectivity index (χ4n) is 1.23. The van der Waals surface area contributed by atoms with Gasteiger partial charge in [0.1, 0.15) is 18.2 Å². The number of anilines is 1. The maximum absolute atomic E-state index is 13.3. The molecule has 0 aliphatic heterocycles. The van der Waals surface area contributed by atoms with Crippen LogP contribution in [-0.2, 0) is 4.74 Å². The molecule has 1 N–H and O–H groups in total. The minimum atomic E-state index is -4.39. The van der Waals surface area contributed by atoms with Crippen molar-refractivity contribution >= 4 is 5.69 Å². The Morgan fingerprint density at radius 2 is 1.83 bits per heavy atom. The van der Waals surface area contributed by atoms with E-state index in [0.29, 0.717) is 0 Å². The summed E-state index contributed by atoms with van der Waals surface area (Å²) in [5.41, 5.74) is 0.0556. The Kier molecular flexibility index (Phi) is 4.89. The standard InChI is InChI=1S/C11H12F5NO/c1-7-4-9(13)10(5-8(7)12)17-2-3-18-6-11(14,15)16/h4-5,17H,2-3,6H2,1H3. The molecule has 0 spiro atoms. The van der Waals surface area contributed by atoms with Gasteiger partial charge in [-0.05, 0) is 18.6 Å². The first kappa shape index (κ1) is 14.7. The normalized spacial score (nSPS) is 11.7. The second kappa shape index (κ2) is 5.99. The number of ether oxygens (including phenoxy) is 1. The van der Waals surface area contributed by atoms with Crippen molar-refractivity contribution in [1.82, 2.24) is 0 Å². The van der Waals surface area contributed by atoms with Gasteiger partial charge in [0.25, 0.3) is 0 Å². The van der Waals surface area contributed by atoms with E-state index in [-0.39, 0.29) is 24.4 Å². The number of hydrogen-bond acceptors (Lipinski definition) is 2. The molecule has 7 heteroatoms. The van der Waals surface area contributed by atoms with Gasteiger partial charge in [0.2, 0.25) is 0 Å². The van der Waals surface area contributed by atoms with Gasteiger partial charge in [0.15, 0.2) is 0 Å². The van der Waals surface area contributed by atoms with Crippen LogP contribution in [0.25, 0.3) is 0 Å².